The van der Waals surface area contributed by atoms with Crippen LogP contribution in [0.3, 0.4) is 0 Å². The summed E-state index contributed by atoms with van der Waals surface area (Å²) in [6.45, 7) is 29.7. The van der Waals surface area contributed by atoms with Gasteiger partial charge in [-0.15, -0.1) is 42.0 Å². The largest absolute Gasteiger partial charge is 0.509 e. The van der Waals surface area contributed by atoms with E-state index in [-0.39, 0.29) is 42.7 Å². The van der Waals surface area contributed by atoms with E-state index in [0.29, 0.717) is 11.5 Å². The Bertz CT molecular complexity index is 4010. The second kappa shape index (κ2) is 19.0. The first-order valence-corrected chi connectivity index (χ1v) is 26.6. The molecule has 0 saturated carbocycles. The number of furan rings is 1. The summed E-state index contributed by atoms with van der Waals surface area (Å²) in [6, 6.07) is 66.0. The average Bonchev–Trinajstić information content (AvgIpc) is 4.08. The molecule has 4 heterocycles. The molecule has 1 aliphatic heterocycles. The van der Waals surface area contributed by atoms with E-state index in [2.05, 4.69) is 256 Å². The molecule has 6 nitrogen and oxygen atoms in total. The maximum Gasteiger partial charge on any atom is 0.136 e. The number of anilines is 4. The molecule has 12 rings (SSSR count). The van der Waals surface area contributed by atoms with Crippen molar-refractivity contribution in [2.45, 2.75) is 105 Å². The van der Waals surface area contributed by atoms with Crippen LogP contribution < -0.4 is 14.5 Å². The number of ether oxygens (including phenoxy) is 1. The van der Waals surface area contributed by atoms with Gasteiger partial charge in [-0.05, 0) is 115 Å². The van der Waals surface area contributed by atoms with E-state index in [1.165, 1.54) is 27.8 Å². The molecule has 8 aromatic carbocycles. The summed E-state index contributed by atoms with van der Waals surface area (Å²) in [5.74, 6) is 1.89. The fourth-order valence-electron chi connectivity index (χ4n) is 11.1. The minimum atomic E-state index is -0.0932. The van der Waals surface area contributed by atoms with Gasteiger partial charge in [-0.2, -0.15) is 12.1 Å². The van der Waals surface area contributed by atoms with E-state index >= 15 is 0 Å². The molecule has 0 atom stereocenters. The number of benzene rings is 8. The van der Waals surface area contributed by atoms with Crippen molar-refractivity contribution in [3.63, 3.8) is 0 Å². The first-order chi connectivity index (χ1) is 36.2. The third-order valence-electron chi connectivity index (χ3n) is 15.1. The van der Waals surface area contributed by atoms with E-state index in [1.54, 1.807) is 0 Å². The molecule has 390 valence electrons. The topological polar surface area (TPSA) is 46.7 Å². The van der Waals surface area contributed by atoms with Crippen LogP contribution in [-0.4, -0.2) is 9.55 Å². The average molecular weight is 1190 g/mol. The minimum absolute atomic E-state index is 0. The molecule has 0 N–H and O–H groups in total. The van der Waals surface area contributed by atoms with Gasteiger partial charge in [0.15, 0.2) is 0 Å². The summed E-state index contributed by atoms with van der Waals surface area (Å²) in [5, 5.41) is 4.21. The van der Waals surface area contributed by atoms with Gasteiger partial charge in [0.25, 0.3) is 0 Å². The summed E-state index contributed by atoms with van der Waals surface area (Å²) in [4.78, 5) is 9.68. The number of para-hydroxylation sites is 5. The zero-order valence-corrected chi connectivity index (χ0v) is 48.4. The van der Waals surface area contributed by atoms with Crippen LogP contribution in [-0.2, 0) is 42.7 Å². The summed E-state index contributed by atoms with van der Waals surface area (Å²) in [5.41, 5.74) is 16.7. The van der Waals surface area contributed by atoms with Crippen LogP contribution in [0.25, 0.3) is 71.8 Å². The summed E-state index contributed by atoms with van der Waals surface area (Å²) >= 11 is 0. The predicted molar refractivity (Wildman–Crippen MR) is 317 cm³/mol. The number of pyridine rings is 1. The molecule has 1 aliphatic rings. The van der Waals surface area contributed by atoms with Gasteiger partial charge in [-0.3, -0.25) is 0 Å². The Labute approximate surface area is 468 Å². The Balaban J connectivity index is 0.00000631. The fraction of sp³-hybridized carbons (Fsp3) is 0.229. The Morgan fingerprint density at radius 1 is 0.519 bits per heavy atom. The normalized spacial score (nSPS) is 13.2. The van der Waals surface area contributed by atoms with Gasteiger partial charge >= 0.3 is 0 Å². The zero-order chi connectivity index (χ0) is 53.1. The molecule has 77 heavy (non-hydrogen) atoms. The summed E-state index contributed by atoms with van der Waals surface area (Å²) in [6.07, 6.45) is 1.95. The van der Waals surface area contributed by atoms with Crippen LogP contribution >= 0.6 is 0 Å². The van der Waals surface area contributed by atoms with Gasteiger partial charge in [0.05, 0.1) is 0 Å². The molecule has 0 bridgehead atoms. The second-order valence-corrected chi connectivity index (χ2v) is 24.7. The zero-order valence-electron chi connectivity index (χ0n) is 46.2. The summed E-state index contributed by atoms with van der Waals surface area (Å²) < 4.78 is 16.2. The van der Waals surface area contributed by atoms with Crippen molar-refractivity contribution in [3.8, 4) is 39.6 Å². The molecule has 0 amide bonds. The third kappa shape index (κ3) is 9.23. The molecule has 3 aromatic heterocycles. The Kier molecular flexibility index (Phi) is 12.7. The number of aromatic nitrogens is 2. The molecule has 0 fully saturated rings. The van der Waals surface area contributed by atoms with Crippen molar-refractivity contribution in [2.75, 3.05) is 9.80 Å². The monoisotopic (exact) mass is 1190 g/mol. The van der Waals surface area contributed by atoms with Crippen molar-refractivity contribution in [1.29, 1.82) is 0 Å². The smallest absolute Gasteiger partial charge is 0.136 e. The molecule has 0 aliphatic carbocycles. The Morgan fingerprint density at radius 3 is 1.82 bits per heavy atom. The molecule has 11 aromatic rings. The van der Waals surface area contributed by atoms with Crippen molar-refractivity contribution < 1.29 is 30.2 Å². The first-order valence-electron chi connectivity index (χ1n) is 26.6. The number of fused-ring (bicyclic) bond motifs is 7. The maximum absolute atomic E-state index is 7.25. The molecule has 0 saturated heterocycles. The Morgan fingerprint density at radius 2 is 1.13 bits per heavy atom. The molecular weight excluding hydrogens is 1120 g/mol. The van der Waals surface area contributed by atoms with Crippen LogP contribution in [0, 0.1) is 18.8 Å². The Hall–Kier alpha value is -7.40. The van der Waals surface area contributed by atoms with Crippen molar-refractivity contribution in [2.24, 2.45) is 0 Å². The molecule has 0 spiro atoms. The first kappa shape index (κ1) is 51.7. The minimum Gasteiger partial charge on any atom is -0.509 e. The van der Waals surface area contributed by atoms with Crippen LogP contribution in [0.1, 0.15) is 105 Å². The van der Waals surface area contributed by atoms with Crippen molar-refractivity contribution >= 4 is 66.5 Å². The number of rotatable bonds is 7. The third-order valence-corrected chi connectivity index (χ3v) is 15.1. The number of hydrogen-bond donors (Lipinski definition) is 0. The van der Waals surface area contributed by atoms with Crippen LogP contribution in [0.5, 0.6) is 11.5 Å². The molecular formula is C70H65N4O2Pt-3. The second-order valence-electron chi connectivity index (χ2n) is 24.7. The van der Waals surface area contributed by atoms with E-state index in [4.69, 9.17) is 14.1 Å². The SMILES string of the molecule is CC(C)(C)c1cc(N2[CH-]N(c3[c-]c(Oc4[c-]c5c(cc4-c4cccc6c4oc4ccccc46)c4ccccc4n5-c4cc(-c5c(C(C)(C)C)cccc5C(C)(C)C)ccn4)ccc3)c3ccccc32)cc(C(C)(C)C)c1.[Pt]. The van der Waals surface area contributed by atoms with Crippen LogP contribution in [0.2, 0.25) is 0 Å². The molecule has 0 unspecified atom stereocenters. The van der Waals surface area contributed by atoms with Crippen LogP contribution in [0.15, 0.2) is 174 Å². The standard InChI is InChI=1S/C70H65N4O2.Pt/c1-67(2,3)45-37-46(68(4,5)6)39-48(38-45)73-43-72(59-31-16-17-32-60(59)73)47-22-19-23-49(40-47)75-63-42-61-54(41-55(63)53-27-20-26-52-51-25-14-18-33-62(51)76-66(52)53)50-24-13-15-30-58(50)74(61)64-36-44(34-35-71-64)65-56(69(7,8)9)28-21-29-57(65)70(10,11)12;/h13-39,41,43H,1-12H3;/q-3;. The van der Waals surface area contributed by atoms with Crippen molar-refractivity contribution in [3.05, 3.63) is 211 Å². The van der Waals surface area contributed by atoms with E-state index in [0.717, 1.165) is 89.0 Å². The van der Waals surface area contributed by atoms with Crippen LogP contribution in [0.4, 0.5) is 22.7 Å². The molecule has 0 radical (unpaired) electrons. The van der Waals surface area contributed by atoms with Gasteiger partial charge in [-0.1, -0.05) is 185 Å². The van der Waals surface area contributed by atoms with E-state index in [1.807, 2.05) is 30.5 Å². The van der Waals surface area contributed by atoms with E-state index in [9.17, 15) is 0 Å². The van der Waals surface area contributed by atoms with Gasteiger partial charge < -0.3 is 23.5 Å². The summed E-state index contributed by atoms with van der Waals surface area (Å²) in [7, 11) is 0. The molecule has 7 heteroatoms. The van der Waals surface area contributed by atoms with Crippen molar-refractivity contribution in [1.82, 2.24) is 9.55 Å². The van der Waals surface area contributed by atoms with Gasteiger partial charge in [0.2, 0.25) is 0 Å². The number of hydrogen-bond acceptors (Lipinski definition) is 5. The predicted octanol–water partition coefficient (Wildman–Crippen LogP) is 19.4. The van der Waals surface area contributed by atoms with Gasteiger partial charge in [0, 0.05) is 72.1 Å². The maximum atomic E-state index is 7.25. The fourth-order valence-corrected chi connectivity index (χ4v) is 11.1. The van der Waals surface area contributed by atoms with E-state index < -0.39 is 0 Å². The van der Waals surface area contributed by atoms with Gasteiger partial charge in [0.1, 0.15) is 17.0 Å². The quantitative estimate of drug-likeness (QED) is 0.149. The number of nitrogens with zero attached hydrogens (tertiary/aromatic N) is 4. The van der Waals surface area contributed by atoms with Gasteiger partial charge in [-0.25, -0.2) is 4.98 Å².